The number of hydrogen-bond donors (Lipinski definition) is 3. The van der Waals surface area contributed by atoms with E-state index in [4.69, 9.17) is 10.8 Å². The summed E-state index contributed by atoms with van der Waals surface area (Å²) in [6.07, 6.45) is 8.81. The number of fused-ring (bicyclic) bond motifs is 1. The fourth-order valence-electron chi connectivity index (χ4n) is 2.60. The van der Waals surface area contributed by atoms with E-state index in [0.29, 0.717) is 16.6 Å². The molecule has 0 bridgehead atoms. The lowest BCUT2D eigenvalue weighted by molar-refractivity contribution is 0.0698. The first-order chi connectivity index (χ1) is 13.5. The molecular formula is C19H19FN6O2. The minimum Gasteiger partial charge on any atom is -0.478 e. The van der Waals surface area contributed by atoms with Crippen LogP contribution in [-0.2, 0) is 0 Å². The van der Waals surface area contributed by atoms with Crippen molar-refractivity contribution in [3.8, 4) is 5.69 Å². The summed E-state index contributed by atoms with van der Waals surface area (Å²) in [5.74, 6) is -1.40. The van der Waals surface area contributed by atoms with E-state index in [1.807, 2.05) is 6.20 Å². The number of benzene rings is 1. The van der Waals surface area contributed by atoms with Gasteiger partial charge in [-0.25, -0.2) is 13.9 Å². The summed E-state index contributed by atoms with van der Waals surface area (Å²) >= 11 is 0. The number of hydrogen-bond acceptors (Lipinski definition) is 5. The third-order valence-electron chi connectivity index (χ3n) is 4.19. The Kier molecular flexibility index (Phi) is 5.75. The molecule has 0 saturated carbocycles. The summed E-state index contributed by atoms with van der Waals surface area (Å²) in [6, 6.07) is 5.91. The van der Waals surface area contributed by atoms with Crippen LogP contribution in [0.25, 0.3) is 16.6 Å². The zero-order valence-corrected chi connectivity index (χ0v) is 15.1. The molecule has 4 rings (SSSR count). The normalized spacial score (nSPS) is 11.7. The third-order valence-corrected chi connectivity index (χ3v) is 4.19. The highest BCUT2D eigenvalue weighted by atomic mass is 19.1. The summed E-state index contributed by atoms with van der Waals surface area (Å²) in [5, 5.41) is 20.2. The van der Waals surface area contributed by atoms with Gasteiger partial charge in [0.1, 0.15) is 5.82 Å². The molecule has 0 radical (unpaired) electrons. The van der Waals surface area contributed by atoms with Gasteiger partial charge in [-0.15, -0.1) is 0 Å². The van der Waals surface area contributed by atoms with Gasteiger partial charge >= 0.3 is 5.97 Å². The largest absolute Gasteiger partial charge is 0.478 e. The summed E-state index contributed by atoms with van der Waals surface area (Å²) in [7, 11) is 0. The van der Waals surface area contributed by atoms with Crippen molar-refractivity contribution in [1.29, 1.82) is 0 Å². The highest BCUT2D eigenvalue weighted by molar-refractivity contribution is 6.02. The molecule has 28 heavy (non-hydrogen) atoms. The van der Waals surface area contributed by atoms with E-state index >= 15 is 0 Å². The molecule has 0 amide bonds. The molecule has 0 fully saturated rings. The third kappa shape index (κ3) is 4.04. The van der Waals surface area contributed by atoms with Crippen molar-refractivity contribution in [3.05, 3.63) is 72.2 Å². The van der Waals surface area contributed by atoms with Gasteiger partial charge in [0.15, 0.2) is 0 Å². The molecule has 9 heteroatoms. The second-order valence-electron chi connectivity index (χ2n) is 6.00. The Balaban J connectivity index is 0.000000211. The average molecular weight is 382 g/mol. The number of carboxylic acid groups (broad SMARTS) is 1. The zero-order valence-electron chi connectivity index (χ0n) is 15.1. The van der Waals surface area contributed by atoms with E-state index in [-0.39, 0.29) is 17.4 Å². The molecule has 1 atom stereocenters. The van der Waals surface area contributed by atoms with Gasteiger partial charge in [-0.05, 0) is 30.7 Å². The molecule has 8 nitrogen and oxygen atoms in total. The van der Waals surface area contributed by atoms with Crippen LogP contribution in [0, 0.1) is 5.82 Å². The molecule has 3 aromatic heterocycles. The second kappa shape index (κ2) is 8.40. The SMILES string of the molecule is CC[C@H](N)c1cn[nH]c1.O=C(O)c1cncc2c1cnn2-c1ccc(F)cc1. The zero-order chi connectivity index (χ0) is 20.1. The van der Waals surface area contributed by atoms with Crippen LogP contribution in [0.5, 0.6) is 0 Å². The number of aromatic nitrogens is 5. The van der Waals surface area contributed by atoms with Crippen LogP contribution in [0.3, 0.4) is 0 Å². The molecular weight excluding hydrogens is 363 g/mol. The maximum Gasteiger partial charge on any atom is 0.338 e. The Morgan fingerprint density at radius 3 is 2.61 bits per heavy atom. The van der Waals surface area contributed by atoms with Crippen molar-refractivity contribution in [2.75, 3.05) is 0 Å². The molecule has 144 valence electrons. The lowest BCUT2D eigenvalue weighted by atomic mass is 10.1. The molecule has 0 aliphatic rings. The van der Waals surface area contributed by atoms with Crippen LogP contribution in [0.15, 0.2) is 55.2 Å². The molecule has 4 aromatic rings. The molecule has 3 heterocycles. The van der Waals surface area contributed by atoms with E-state index in [2.05, 4.69) is 27.2 Å². The van der Waals surface area contributed by atoms with Crippen molar-refractivity contribution in [2.24, 2.45) is 5.73 Å². The molecule has 0 saturated heterocycles. The molecule has 0 unspecified atom stereocenters. The Morgan fingerprint density at radius 1 is 1.25 bits per heavy atom. The van der Waals surface area contributed by atoms with E-state index in [1.54, 1.807) is 18.3 Å². The predicted molar refractivity (Wildman–Crippen MR) is 102 cm³/mol. The summed E-state index contributed by atoms with van der Waals surface area (Å²) in [4.78, 5) is 15.0. The lowest BCUT2D eigenvalue weighted by Gasteiger charge is -2.03. The number of halogens is 1. The molecule has 0 aliphatic carbocycles. The second-order valence-corrected chi connectivity index (χ2v) is 6.00. The van der Waals surface area contributed by atoms with Crippen molar-refractivity contribution < 1.29 is 14.3 Å². The minimum atomic E-state index is -1.06. The minimum absolute atomic E-state index is 0.0888. The van der Waals surface area contributed by atoms with Gasteiger partial charge in [-0.2, -0.15) is 10.2 Å². The van der Waals surface area contributed by atoms with Gasteiger partial charge in [0, 0.05) is 29.4 Å². The monoisotopic (exact) mass is 382 g/mol. The van der Waals surface area contributed by atoms with Gasteiger partial charge in [0.05, 0.1) is 35.4 Å². The van der Waals surface area contributed by atoms with Crippen LogP contribution in [0.4, 0.5) is 4.39 Å². The van der Waals surface area contributed by atoms with Crippen molar-refractivity contribution >= 4 is 16.9 Å². The number of nitrogens with zero attached hydrogens (tertiary/aromatic N) is 4. The molecule has 1 aromatic carbocycles. The number of carboxylic acids is 1. The first kappa shape index (κ1) is 19.2. The van der Waals surface area contributed by atoms with Gasteiger partial charge in [-0.3, -0.25) is 10.1 Å². The highest BCUT2D eigenvalue weighted by Gasteiger charge is 2.13. The van der Waals surface area contributed by atoms with Crippen LogP contribution < -0.4 is 5.73 Å². The smallest absolute Gasteiger partial charge is 0.338 e. The first-order valence-electron chi connectivity index (χ1n) is 8.56. The Labute approximate surface area is 159 Å². The number of aromatic carboxylic acids is 1. The van der Waals surface area contributed by atoms with Crippen molar-refractivity contribution in [2.45, 2.75) is 19.4 Å². The van der Waals surface area contributed by atoms with E-state index < -0.39 is 5.97 Å². The Bertz CT molecular complexity index is 1060. The van der Waals surface area contributed by atoms with Crippen molar-refractivity contribution in [1.82, 2.24) is 25.0 Å². The maximum absolute atomic E-state index is 12.9. The van der Waals surface area contributed by atoms with Crippen LogP contribution in [-0.4, -0.2) is 36.0 Å². The number of pyridine rings is 1. The summed E-state index contributed by atoms with van der Waals surface area (Å²) < 4.78 is 14.4. The predicted octanol–water partition coefficient (Wildman–Crippen LogP) is 3.08. The number of nitrogens with one attached hydrogen (secondary N) is 1. The van der Waals surface area contributed by atoms with E-state index in [0.717, 1.165) is 12.0 Å². The average Bonchev–Trinajstić information content (AvgIpc) is 3.38. The van der Waals surface area contributed by atoms with Gasteiger partial charge in [-0.1, -0.05) is 6.92 Å². The quantitative estimate of drug-likeness (QED) is 0.498. The number of rotatable bonds is 4. The standard InChI is InChI=1S/C13H8FN3O2.C6H11N3/c14-8-1-3-9(4-2-8)17-12-7-15-5-11(13(18)19)10(12)6-16-17;1-2-6(7)5-3-8-9-4-5/h1-7H,(H,18,19);3-4,6H,2,7H2,1H3,(H,8,9)/t;6-/m.0/s1. The fraction of sp³-hybridized carbons (Fsp3) is 0.158. The number of H-pyrrole nitrogens is 1. The maximum atomic E-state index is 12.9. The van der Waals surface area contributed by atoms with E-state index in [1.165, 1.54) is 35.4 Å². The van der Waals surface area contributed by atoms with Crippen LogP contribution >= 0.6 is 0 Å². The summed E-state index contributed by atoms with van der Waals surface area (Å²) in [5.41, 5.74) is 8.05. The number of carbonyl (C=O) groups is 1. The highest BCUT2D eigenvalue weighted by Crippen LogP contribution is 2.20. The Hall–Kier alpha value is -3.59. The summed E-state index contributed by atoms with van der Waals surface area (Å²) in [6.45, 7) is 2.05. The number of aromatic amines is 1. The molecule has 0 aliphatic heterocycles. The fourth-order valence-corrected chi connectivity index (χ4v) is 2.60. The molecule has 4 N–H and O–H groups in total. The van der Waals surface area contributed by atoms with Gasteiger partial charge in [0.2, 0.25) is 0 Å². The lowest BCUT2D eigenvalue weighted by Crippen LogP contribution is -2.06. The van der Waals surface area contributed by atoms with Crippen molar-refractivity contribution in [3.63, 3.8) is 0 Å². The van der Waals surface area contributed by atoms with Crippen LogP contribution in [0.2, 0.25) is 0 Å². The van der Waals surface area contributed by atoms with E-state index in [9.17, 15) is 9.18 Å². The number of nitrogens with two attached hydrogens (primary N) is 1. The first-order valence-corrected chi connectivity index (χ1v) is 8.56. The van der Waals surface area contributed by atoms with Crippen LogP contribution in [0.1, 0.15) is 35.3 Å². The van der Waals surface area contributed by atoms with Gasteiger partial charge < -0.3 is 10.8 Å². The van der Waals surface area contributed by atoms with Gasteiger partial charge in [0.25, 0.3) is 0 Å². The Morgan fingerprint density at radius 2 is 2.00 bits per heavy atom. The topological polar surface area (TPSA) is 123 Å². The molecule has 0 spiro atoms.